The second kappa shape index (κ2) is 7.63. The van der Waals surface area contributed by atoms with Crippen LogP contribution in [0.25, 0.3) is 0 Å². The Morgan fingerprint density at radius 3 is 2.53 bits per heavy atom. The molecular formula is C10H17Cl2FN4. The van der Waals surface area contributed by atoms with Gasteiger partial charge in [0, 0.05) is 26.2 Å². The first-order valence-electron chi connectivity index (χ1n) is 5.28. The van der Waals surface area contributed by atoms with E-state index in [1.807, 2.05) is 11.8 Å². The van der Waals surface area contributed by atoms with E-state index >= 15 is 0 Å². The third-order valence-corrected chi connectivity index (χ3v) is 2.59. The average molecular weight is 283 g/mol. The summed E-state index contributed by atoms with van der Waals surface area (Å²) in [6, 6.07) is 0. The Bertz CT molecular complexity index is 345. The topological polar surface area (TPSA) is 41.1 Å². The maximum Gasteiger partial charge on any atom is 0.187 e. The maximum absolute atomic E-state index is 13.9. The van der Waals surface area contributed by atoms with Gasteiger partial charge in [-0.25, -0.2) is 14.4 Å². The third-order valence-electron chi connectivity index (χ3n) is 2.59. The number of aromatic nitrogens is 2. The van der Waals surface area contributed by atoms with Gasteiger partial charge in [-0.15, -0.1) is 24.8 Å². The van der Waals surface area contributed by atoms with Crippen molar-refractivity contribution in [1.29, 1.82) is 0 Å². The molecule has 1 aromatic heterocycles. The number of aryl methyl sites for hydroxylation is 1. The van der Waals surface area contributed by atoms with Crippen LogP contribution in [0, 0.1) is 5.82 Å². The number of rotatable bonds is 2. The molecule has 2 rings (SSSR count). The van der Waals surface area contributed by atoms with Crippen molar-refractivity contribution >= 4 is 30.6 Å². The van der Waals surface area contributed by atoms with Gasteiger partial charge in [0.2, 0.25) is 0 Å². The van der Waals surface area contributed by atoms with E-state index in [0.717, 1.165) is 26.2 Å². The Morgan fingerprint density at radius 1 is 1.29 bits per heavy atom. The van der Waals surface area contributed by atoms with Crippen LogP contribution >= 0.6 is 24.8 Å². The predicted molar refractivity (Wildman–Crippen MR) is 70.9 cm³/mol. The van der Waals surface area contributed by atoms with Crippen molar-refractivity contribution in [2.24, 2.45) is 0 Å². The summed E-state index contributed by atoms with van der Waals surface area (Å²) >= 11 is 0. The molecule has 1 fully saturated rings. The molecule has 0 atom stereocenters. The van der Waals surface area contributed by atoms with Crippen molar-refractivity contribution in [3.63, 3.8) is 0 Å². The molecule has 0 saturated carbocycles. The fraction of sp³-hybridized carbons (Fsp3) is 0.600. The fourth-order valence-electron chi connectivity index (χ4n) is 1.74. The van der Waals surface area contributed by atoms with Gasteiger partial charge in [-0.3, -0.25) is 0 Å². The molecule has 0 spiro atoms. The van der Waals surface area contributed by atoms with Crippen LogP contribution in [-0.4, -0.2) is 36.1 Å². The lowest BCUT2D eigenvalue weighted by molar-refractivity contribution is 0.547. The van der Waals surface area contributed by atoms with Crippen LogP contribution in [0.4, 0.5) is 10.2 Å². The van der Waals surface area contributed by atoms with Crippen molar-refractivity contribution < 1.29 is 4.39 Å². The predicted octanol–water partition coefficient (Wildman–Crippen LogP) is 1.43. The third kappa shape index (κ3) is 3.66. The molecule has 1 saturated heterocycles. The second-order valence-corrected chi connectivity index (χ2v) is 3.55. The summed E-state index contributed by atoms with van der Waals surface area (Å²) in [5.74, 6) is 0.185. The van der Waals surface area contributed by atoms with Crippen LogP contribution in [0.15, 0.2) is 6.33 Å². The summed E-state index contributed by atoms with van der Waals surface area (Å²) in [5, 5.41) is 3.23. The zero-order valence-corrected chi connectivity index (χ0v) is 11.3. The summed E-state index contributed by atoms with van der Waals surface area (Å²) in [6.07, 6.45) is 2.05. The highest BCUT2D eigenvalue weighted by molar-refractivity contribution is 5.85. The number of piperazine rings is 1. The summed E-state index contributed by atoms with van der Waals surface area (Å²) in [6.45, 7) is 5.26. The van der Waals surface area contributed by atoms with E-state index in [4.69, 9.17) is 0 Å². The highest BCUT2D eigenvalue weighted by Gasteiger charge is 2.17. The van der Waals surface area contributed by atoms with Crippen molar-refractivity contribution in [1.82, 2.24) is 15.3 Å². The quantitative estimate of drug-likeness (QED) is 0.891. The van der Waals surface area contributed by atoms with Crippen molar-refractivity contribution in [3.05, 3.63) is 17.8 Å². The van der Waals surface area contributed by atoms with Crippen molar-refractivity contribution in [2.45, 2.75) is 13.3 Å². The van der Waals surface area contributed by atoms with Crippen LogP contribution in [0.2, 0.25) is 0 Å². The van der Waals surface area contributed by atoms with E-state index in [1.54, 1.807) is 0 Å². The number of hydrogen-bond acceptors (Lipinski definition) is 4. The Hall–Kier alpha value is -0.650. The summed E-state index contributed by atoms with van der Waals surface area (Å²) in [7, 11) is 0. The van der Waals surface area contributed by atoms with Crippen LogP contribution < -0.4 is 10.2 Å². The van der Waals surface area contributed by atoms with Crippen molar-refractivity contribution in [3.8, 4) is 0 Å². The molecule has 4 nitrogen and oxygen atoms in total. The molecule has 7 heteroatoms. The molecule has 1 N–H and O–H groups in total. The first kappa shape index (κ1) is 16.4. The lowest BCUT2D eigenvalue weighted by Crippen LogP contribution is -2.44. The van der Waals surface area contributed by atoms with E-state index in [-0.39, 0.29) is 30.6 Å². The van der Waals surface area contributed by atoms with Gasteiger partial charge in [-0.1, -0.05) is 6.92 Å². The zero-order chi connectivity index (χ0) is 10.7. The SMILES string of the molecule is CCc1ncnc(N2CCNCC2)c1F.Cl.Cl. The monoisotopic (exact) mass is 282 g/mol. The van der Waals surface area contributed by atoms with Gasteiger partial charge in [-0.05, 0) is 6.42 Å². The van der Waals surface area contributed by atoms with Gasteiger partial charge >= 0.3 is 0 Å². The lowest BCUT2D eigenvalue weighted by Gasteiger charge is -2.28. The largest absolute Gasteiger partial charge is 0.352 e. The zero-order valence-electron chi connectivity index (χ0n) is 9.65. The minimum Gasteiger partial charge on any atom is -0.352 e. The van der Waals surface area contributed by atoms with Crippen LogP contribution in [0.3, 0.4) is 0 Å². The Balaban J connectivity index is 0.00000128. The summed E-state index contributed by atoms with van der Waals surface area (Å²) < 4.78 is 13.9. The fourth-order valence-corrected chi connectivity index (χ4v) is 1.74. The molecule has 17 heavy (non-hydrogen) atoms. The Labute approximate surface area is 113 Å². The summed E-state index contributed by atoms with van der Waals surface area (Å²) in [5.41, 5.74) is 0.499. The van der Waals surface area contributed by atoms with Crippen molar-refractivity contribution in [2.75, 3.05) is 31.1 Å². The molecule has 0 radical (unpaired) electrons. The minimum absolute atomic E-state index is 0. The number of nitrogens with zero attached hydrogens (tertiary/aromatic N) is 3. The number of anilines is 1. The van der Waals surface area contributed by atoms with E-state index in [9.17, 15) is 4.39 Å². The first-order chi connectivity index (χ1) is 7.33. The van der Waals surface area contributed by atoms with E-state index in [2.05, 4.69) is 15.3 Å². The molecule has 1 aliphatic rings. The van der Waals surface area contributed by atoms with E-state index in [0.29, 0.717) is 17.9 Å². The smallest absolute Gasteiger partial charge is 0.187 e. The molecule has 2 heterocycles. The minimum atomic E-state index is -0.262. The van der Waals surface area contributed by atoms with Gasteiger partial charge in [0.15, 0.2) is 11.6 Å². The second-order valence-electron chi connectivity index (χ2n) is 3.55. The Morgan fingerprint density at radius 2 is 1.94 bits per heavy atom. The first-order valence-corrected chi connectivity index (χ1v) is 5.28. The molecule has 1 aliphatic heterocycles. The van der Waals surface area contributed by atoms with Crippen LogP contribution in [-0.2, 0) is 6.42 Å². The molecule has 1 aromatic rings. The van der Waals surface area contributed by atoms with Gasteiger partial charge in [0.05, 0.1) is 5.69 Å². The van der Waals surface area contributed by atoms with Gasteiger partial charge in [0.1, 0.15) is 6.33 Å². The molecule has 0 aromatic carbocycles. The van der Waals surface area contributed by atoms with E-state index < -0.39 is 0 Å². The number of hydrogen-bond donors (Lipinski definition) is 1. The normalized spacial score (nSPS) is 14.8. The lowest BCUT2D eigenvalue weighted by atomic mass is 10.2. The van der Waals surface area contributed by atoms with Gasteiger partial charge in [-0.2, -0.15) is 0 Å². The molecule has 98 valence electrons. The van der Waals surface area contributed by atoms with Gasteiger partial charge < -0.3 is 10.2 Å². The average Bonchev–Trinajstić information content (AvgIpc) is 2.30. The highest BCUT2D eigenvalue weighted by Crippen LogP contribution is 2.18. The van der Waals surface area contributed by atoms with E-state index in [1.165, 1.54) is 6.33 Å². The standard InChI is InChI=1S/C10H15FN4.2ClH/c1-2-8-9(11)10(14-7-13-8)15-5-3-12-4-6-15;;/h7,12H,2-6H2,1H3;2*1H. The van der Waals surface area contributed by atoms with Gasteiger partial charge in [0.25, 0.3) is 0 Å². The molecular weight excluding hydrogens is 266 g/mol. The molecule has 0 aliphatic carbocycles. The molecule has 0 amide bonds. The maximum atomic E-state index is 13.9. The summed E-state index contributed by atoms with van der Waals surface area (Å²) in [4.78, 5) is 9.91. The van der Waals surface area contributed by atoms with Crippen LogP contribution in [0.5, 0.6) is 0 Å². The number of halogens is 3. The highest BCUT2D eigenvalue weighted by atomic mass is 35.5. The molecule has 0 unspecified atom stereocenters. The molecule has 0 bridgehead atoms. The number of nitrogens with one attached hydrogen (secondary N) is 1. The van der Waals surface area contributed by atoms with Crippen LogP contribution in [0.1, 0.15) is 12.6 Å². The Kier molecular flexibility index (Phi) is 7.34.